The van der Waals surface area contributed by atoms with Gasteiger partial charge in [-0.15, -0.1) is 0 Å². The maximum absolute atomic E-state index is 11.9. The summed E-state index contributed by atoms with van der Waals surface area (Å²) in [4.78, 5) is 16.2. The second-order valence-corrected chi connectivity index (χ2v) is 6.13. The molecule has 0 N–H and O–H groups in total. The van der Waals surface area contributed by atoms with Crippen LogP contribution < -0.4 is 0 Å². The molecule has 104 valence electrons. The van der Waals surface area contributed by atoms with Crippen molar-refractivity contribution in [2.45, 2.75) is 0 Å². The van der Waals surface area contributed by atoms with Crippen LogP contribution in [0.3, 0.4) is 0 Å². The topological polar surface area (TPSA) is 38.7 Å². The molecular formula is C16H9Br2NO2. The van der Waals surface area contributed by atoms with Crippen molar-refractivity contribution in [1.82, 2.24) is 0 Å². The zero-order valence-corrected chi connectivity index (χ0v) is 13.9. The van der Waals surface area contributed by atoms with Gasteiger partial charge in [0, 0.05) is 14.5 Å². The van der Waals surface area contributed by atoms with Gasteiger partial charge in [-0.1, -0.05) is 50.1 Å². The summed E-state index contributed by atoms with van der Waals surface area (Å²) in [5.41, 5.74) is 1.94. The van der Waals surface area contributed by atoms with Crippen molar-refractivity contribution in [3.8, 4) is 0 Å². The first-order chi connectivity index (χ1) is 10.1. The monoisotopic (exact) mass is 405 g/mol. The van der Waals surface area contributed by atoms with Crippen molar-refractivity contribution < 1.29 is 9.53 Å². The van der Waals surface area contributed by atoms with Crippen LogP contribution in [0, 0.1) is 0 Å². The molecule has 5 heteroatoms. The fourth-order valence-corrected chi connectivity index (χ4v) is 2.53. The predicted octanol–water partition coefficient (Wildman–Crippen LogP) is 4.56. The summed E-state index contributed by atoms with van der Waals surface area (Å²) in [5, 5.41) is 0. The Labute approximate surface area is 138 Å². The Morgan fingerprint density at radius 3 is 2.43 bits per heavy atom. The van der Waals surface area contributed by atoms with E-state index in [4.69, 9.17) is 4.74 Å². The van der Waals surface area contributed by atoms with Crippen molar-refractivity contribution >= 4 is 49.8 Å². The quantitative estimate of drug-likeness (QED) is 0.541. The lowest BCUT2D eigenvalue weighted by molar-refractivity contribution is -0.129. The molecule has 0 aromatic heterocycles. The summed E-state index contributed by atoms with van der Waals surface area (Å²) in [6.07, 6.45) is 1.71. The molecule has 1 aliphatic heterocycles. The van der Waals surface area contributed by atoms with Crippen LogP contribution in [0.5, 0.6) is 0 Å². The molecule has 0 amide bonds. The van der Waals surface area contributed by atoms with Crippen LogP contribution in [-0.4, -0.2) is 11.9 Å². The first-order valence-electron chi connectivity index (χ1n) is 6.16. The third kappa shape index (κ3) is 3.14. The first kappa shape index (κ1) is 14.2. The molecule has 2 aromatic rings. The van der Waals surface area contributed by atoms with Crippen LogP contribution in [0.4, 0.5) is 0 Å². The predicted molar refractivity (Wildman–Crippen MR) is 88.9 cm³/mol. The lowest BCUT2D eigenvalue weighted by Gasteiger charge is -1.98. The molecule has 2 aromatic carbocycles. The molecule has 3 rings (SSSR count). The van der Waals surface area contributed by atoms with Crippen molar-refractivity contribution in [3.63, 3.8) is 0 Å². The highest BCUT2D eigenvalue weighted by atomic mass is 79.9. The van der Waals surface area contributed by atoms with E-state index in [-0.39, 0.29) is 0 Å². The van der Waals surface area contributed by atoms with Crippen LogP contribution in [0.2, 0.25) is 0 Å². The van der Waals surface area contributed by atoms with Gasteiger partial charge in [-0.25, -0.2) is 9.79 Å². The first-order valence-corrected chi connectivity index (χ1v) is 7.75. The van der Waals surface area contributed by atoms with Crippen LogP contribution in [0.15, 0.2) is 68.2 Å². The molecule has 0 spiro atoms. The highest BCUT2D eigenvalue weighted by Gasteiger charge is 2.24. The molecule has 0 saturated carbocycles. The Hall–Kier alpha value is -1.72. The van der Waals surface area contributed by atoms with Gasteiger partial charge in [0.2, 0.25) is 5.90 Å². The second kappa shape index (κ2) is 5.95. The molecule has 0 saturated heterocycles. The van der Waals surface area contributed by atoms with Crippen molar-refractivity contribution in [2.24, 2.45) is 4.99 Å². The number of carbonyl (C=O) groups is 1. The van der Waals surface area contributed by atoms with Crippen LogP contribution in [0.1, 0.15) is 11.1 Å². The number of benzene rings is 2. The SMILES string of the molecule is O=C1OC(c2ccc(Br)cc2)=NC1=Cc1ccccc1Br. The largest absolute Gasteiger partial charge is 0.402 e. The van der Waals surface area contributed by atoms with E-state index in [9.17, 15) is 4.79 Å². The van der Waals surface area contributed by atoms with Gasteiger partial charge in [-0.3, -0.25) is 0 Å². The molecule has 0 atom stereocenters. The van der Waals surface area contributed by atoms with Gasteiger partial charge >= 0.3 is 5.97 Å². The van der Waals surface area contributed by atoms with Gasteiger partial charge in [0.05, 0.1) is 0 Å². The number of aliphatic imine (C=N–C) groups is 1. The minimum atomic E-state index is -0.441. The van der Waals surface area contributed by atoms with Gasteiger partial charge in [0.25, 0.3) is 0 Å². The Kier molecular flexibility index (Phi) is 4.03. The van der Waals surface area contributed by atoms with Gasteiger partial charge in [0.15, 0.2) is 5.70 Å². The maximum atomic E-state index is 11.9. The smallest absolute Gasteiger partial charge is 0.363 e. The highest BCUT2D eigenvalue weighted by Crippen LogP contribution is 2.23. The molecule has 1 heterocycles. The second-order valence-electron chi connectivity index (χ2n) is 4.36. The Bertz CT molecular complexity index is 764. The molecule has 0 unspecified atom stereocenters. The summed E-state index contributed by atoms with van der Waals surface area (Å²) in [6, 6.07) is 15.1. The van der Waals surface area contributed by atoms with E-state index in [1.807, 2.05) is 48.5 Å². The molecule has 1 aliphatic rings. The van der Waals surface area contributed by atoms with Gasteiger partial charge in [-0.05, 0) is 42.0 Å². The molecule has 21 heavy (non-hydrogen) atoms. The fraction of sp³-hybridized carbons (Fsp3) is 0. The van der Waals surface area contributed by atoms with Gasteiger partial charge in [-0.2, -0.15) is 0 Å². The third-order valence-electron chi connectivity index (χ3n) is 2.91. The van der Waals surface area contributed by atoms with Gasteiger partial charge in [0.1, 0.15) is 0 Å². The van der Waals surface area contributed by atoms with E-state index < -0.39 is 5.97 Å². The number of nitrogens with zero attached hydrogens (tertiary/aromatic N) is 1. The lowest BCUT2D eigenvalue weighted by Crippen LogP contribution is -2.05. The number of ether oxygens (including phenoxy) is 1. The number of hydrogen-bond donors (Lipinski definition) is 0. The summed E-state index contributed by atoms with van der Waals surface area (Å²) < 4.78 is 7.08. The summed E-state index contributed by atoms with van der Waals surface area (Å²) >= 11 is 6.81. The minimum Gasteiger partial charge on any atom is -0.402 e. The standard InChI is InChI=1S/C16H9Br2NO2/c17-12-7-5-10(6-8-12)15-19-14(16(20)21-15)9-11-3-1-2-4-13(11)18/h1-9H. The van der Waals surface area contributed by atoms with E-state index in [1.54, 1.807) is 6.08 Å². The molecular weight excluding hydrogens is 398 g/mol. The number of carbonyl (C=O) groups excluding carboxylic acids is 1. The van der Waals surface area contributed by atoms with Crippen molar-refractivity contribution in [1.29, 1.82) is 0 Å². The average molecular weight is 407 g/mol. The van der Waals surface area contributed by atoms with E-state index in [0.717, 1.165) is 20.1 Å². The van der Waals surface area contributed by atoms with E-state index in [1.165, 1.54) is 0 Å². The number of cyclic esters (lactones) is 1. The van der Waals surface area contributed by atoms with Crippen LogP contribution in [0.25, 0.3) is 6.08 Å². The average Bonchev–Trinajstić information content (AvgIpc) is 2.83. The normalized spacial score (nSPS) is 16.0. The van der Waals surface area contributed by atoms with E-state index >= 15 is 0 Å². The van der Waals surface area contributed by atoms with Crippen molar-refractivity contribution in [2.75, 3.05) is 0 Å². The Morgan fingerprint density at radius 1 is 1.00 bits per heavy atom. The maximum Gasteiger partial charge on any atom is 0.363 e. The van der Waals surface area contributed by atoms with Crippen LogP contribution in [-0.2, 0) is 9.53 Å². The highest BCUT2D eigenvalue weighted by molar-refractivity contribution is 9.10. The van der Waals surface area contributed by atoms with E-state index in [0.29, 0.717) is 11.6 Å². The Morgan fingerprint density at radius 2 is 1.71 bits per heavy atom. The number of halogens is 2. The molecule has 0 aliphatic carbocycles. The summed E-state index contributed by atoms with van der Waals surface area (Å²) in [6.45, 7) is 0. The molecule has 3 nitrogen and oxygen atoms in total. The van der Waals surface area contributed by atoms with Crippen LogP contribution >= 0.6 is 31.9 Å². The molecule has 0 bridgehead atoms. The zero-order valence-electron chi connectivity index (χ0n) is 10.7. The molecule has 0 fully saturated rings. The number of esters is 1. The fourth-order valence-electron chi connectivity index (χ4n) is 1.86. The lowest BCUT2D eigenvalue weighted by atomic mass is 10.2. The third-order valence-corrected chi connectivity index (χ3v) is 4.16. The molecule has 0 radical (unpaired) electrons. The minimum absolute atomic E-state index is 0.291. The summed E-state index contributed by atoms with van der Waals surface area (Å²) in [5.74, 6) is -0.116. The van der Waals surface area contributed by atoms with Gasteiger partial charge < -0.3 is 4.74 Å². The van der Waals surface area contributed by atoms with Crippen molar-refractivity contribution in [3.05, 3.63) is 74.3 Å². The Balaban J connectivity index is 1.96. The summed E-state index contributed by atoms with van der Waals surface area (Å²) in [7, 11) is 0. The number of rotatable bonds is 2. The zero-order chi connectivity index (χ0) is 14.8. The number of hydrogen-bond acceptors (Lipinski definition) is 3. The van der Waals surface area contributed by atoms with E-state index in [2.05, 4.69) is 36.9 Å².